The molecular formula is C14H24N2O. The summed E-state index contributed by atoms with van der Waals surface area (Å²) >= 11 is 0. The topological polar surface area (TPSA) is 36.4 Å². The third-order valence-electron chi connectivity index (χ3n) is 2.49. The molecule has 1 aromatic rings. The van der Waals surface area contributed by atoms with Crippen molar-refractivity contribution in [2.45, 2.75) is 33.7 Å². The first-order valence-corrected chi connectivity index (χ1v) is 6.23. The van der Waals surface area contributed by atoms with Gasteiger partial charge in [-0.2, -0.15) is 0 Å². The minimum Gasteiger partial charge on any atom is -0.396 e. The van der Waals surface area contributed by atoms with Gasteiger partial charge in [-0.05, 0) is 29.5 Å². The molecule has 0 aliphatic heterocycles. The molecule has 17 heavy (non-hydrogen) atoms. The van der Waals surface area contributed by atoms with E-state index in [4.69, 9.17) is 5.11 Å². The van der Waals surface area contributed by atoms with Crippen molar-refractivity contribution in [1.82, 2.24) is 9.88 Å². The molecule has 3 nitrogen and oxygen atoms in total. The quantitative estimate of drug-likeness (QED) is 0.823. The fourth-order valence-electron chi connectivity index (χ4n) is 1.93. The smallest absolute Gasteiger partial charge is 0.0443 e. The molecule has 0 radical (unpaired) electrons. The van der Waals surface area contributed by atoms with Crippen LogP contribution in [0.4, 0.5) is 0 Å². The van der Waals surface area contributed by atoms with Crippen LogP contribution >= 0.6 is 0 Å². The molecule has 0 aliphatic carbocycles. The van der Waals surface area contributed by atoms with E-state index in [1.54, 1.807) is 0 Å². The Bertz CT molecular complexity index is 306. The molecule has 0 fully saturated rings. The number of pyridine rings is 1. The highest BCUT2D eigenvalue weighted by atomic mass is 16.3. The van der Waals surface area contributed by atoms with Crippen molar-refractivity contribution in [3.63, 3.8) is 0 Å². The standard InChI is InChI=1S/C14H24N2O/c1-14(2,3)12-16(9-4-10-17)11-13-5-7-15-8-6-13/h5-8,17H,4,9-12H2,1-3H3. The number of nitrogens with zero attached hydrogens (tertiary/aromatic N) is 2. The minimum absolute atomic E-state index is 0.261. The molecule has 0 spiro atoms. The molecule has 0 aromatic carbocycles. The van der Waals surface area contributed by atoms with Crippen LogP contribution in [-0.2, 0) is 6.54 Å². The second kappa shape index (κ2) is 6.72. The van der Waals surface area contributed by atoms with Crippen molar-refractivity contribution in [2.75, 3.05) is 19.7 Å². The van der Waals surface area contributed by atoms with Gasteiger partial charge < -0.3 is 5.11 Å². The van der Waals surface area contributed by atoms with E-state index in [-0.39, 0.29) is 12.0 Å². The summed E-state index contributed by atoms with van der Waals surface area (Å²) in [5.74, 6) is 0. The van der Waals surface area contributed by atoms with Crippen LogP contribution in [0.2, 0.25) is 0 Å². The lowest BCUT2D eigenvalue weighted by molar-refractivity contribution is 0.166. The van der Waals surface area contributed by atoms with Crippen LogP contribution in [0.5, 0.6) is 0 Å². The third kappa shape index (κ3) is 6.39. The zero-order valence-corrected chi connectivity index (χ0v) is 11.2. The maximum atomic E-state index is 8.94. The number of hydrogen-bond acceptors (Lipinski definition) is 3. The lowest BCUT2D eigenvalue weighted by Gasteiger charge is -2.29. The van der Waals surface area contributed by atoms with Crippen LogP contribution in [0, 0.1) is 5.41 Å². The maximum Gasteiger partial charge on any atom is 0.0443 e. The molecule has 0 amide bonds. The van der Waals surface area contributed by atoms with Gasteiger partial charge in [-0.1, -0.05) is 20.8 Å². The highest BCUT2D eigenvalue weighted by Gasteiger charge is 2.16. The zero-order valence-electron chi connectivity index (χ0n) is 11.2. The summed E-state index contributed by atoms with van der Waals surface area (Å²) in [6.45, 7) is 9.89. The van der Waals surface area contributed by atoms with Crippen molar-refractivity contribution in [3.8, 4) is 0 Å². The van der Waals surface area contributed by atoms with Crippen LogP contribution in [-0.4, -0.2) is 34.7 Å². The number of rotatable bonds is 6. The predicted molar refractivity (Wildman–Crippen MR) is 70.7 cm³/mol. The first-order chi connectivity index (χ1) is 8.01. The molecule has 3 heteroatoms. The fourth-order valence-corrected chi connectivity index (χ4v) is 1.93. The summed E-state index contributed by atoms with van der Waals surface area (Å²) in [6, 6.07) is 4.10. The van der Waals surface area contributed by atoms with Crippen LogP contribution in [0.15, 0.2) is 24.5 Å². The lowest BCUT2D eigenvalue weighted by Crippen LogP contribution is -2.33. The molecule has 1 rings (SSSR count). The van der Waals surface area contributed by atoms with Gasteiger partial charge in [0.05, 0.1) is 0 Å². The van der Waals surface area contributed by atoms with Gasteiger partial charge in [0.25, 0.3) is 0 Å². The highest BCUT2D eigenvalue weighted by Crippen LogP contribution is 2.17. The minimum atomic E-state index is 0.261. The zero-order chi connectivity index (χ0) is 12.7. The van der Waals surface area contributed by atoms with Crippen LogP contribution in [0.3, 0.4) is 0 Å². The number of aliphatic hydroxyl groups is 1. The van der Waals surface area contributed by atoms with Gasteiger partial charge in [0.1, 0.15) is 0 Å². The van der Waals surface area contributed by atoms with E-state index in [0.717, 1.165) is 26.1 Å². The number of aromatic nitrogens is 1. The molecular weight excluding hydrogens is 212 g/mol. The molecule has 96 valence electrons. The Morgan fingerprint density at radius 2 is 1.88 bits per heavy atom. The third-order valence-corrected chi connectivity index (χ3v) is 2.49. The summed E-state index contributed by atoms with van der Waals surface area (Å²) in [5, 5.41) is 8.94. The summed E-state index contributed by atoms with van der Waals surface area (Å²) in [5.41, 5.74) is 1.56. The number of aliphatic hydroxyl groups excluding tert-OH is 1. The van der Waals surface area contributed by atoms with E-state index in [1.807, 2.05) is 12.4 Å². The number of hydrogen-bond donors (Lipinski definition) is 1. The fraction of sp³-hybridized carbons (Fsp3) is 0.643. The average molecular weight is 236 g/mol. The maximum absolute atomic E-state index is 8.94. The van der Waals surface area contributed by atoms with Gasteiger partial charge in [0.2, 0.25) is 0 Å². The molecule has 1 N–H and O–H groups in total. The molecule has 0 saturated carbocycles. The van der Waals surface area contributed by atoms with Crippen molar-refractivity contribution in [3.05, 3.63) is 30.1 Å². The van der Waals surface area contributed by atoms with E-state index < -0.39 is 0 Å². The first-order valence-electron chi connectivity index (χ1n) is 6.23. The monoisotopic (exact) mass is 236 g/mol. The Balaban J connectivity index is 2.57. The molecule has 1 heterocycles. The van der Waals surface area contributed by atoms with Gasteiger partial charge in [-0.25, -0.2) is 0 Å². The van der Waals surface area contributed by atoms with Crippen molar-refractivity contribution in [2.24, 2.45) is 5.41 Å². The van der Waals surface area contributed by atoms with E-state index in [0.29, 0.717) is 0 Å². The Morgan fingerprint density at radius 3 is 2.41 bits per heavy atom. The van der Waals surface area contributed by atoms with E-state index in [9.17, 15) is 0 Å². The van der Waals surface area contributed by atoms with Gasteiger partial charge in [0, 0.05) is 38.6 Å². The summed E-state index contributed by atoms with van der Waals surface area (Å²) in [6.07, 6.45) is 4.49. The molecule has 0 atom stereocenters. The largest absolute Gasteiger partial charge is 0.396 e. The van der Waals surface area contributed by atoms with E-state index >= 15 is 0 Å². The van der Waals surface area contributed by atoms with Crippen molar-refractivity contribution < 1.29 is 5.11 Å². The van der Waals surface area contributed by atoms with E-state index in [2.05, 4.69) is 42.8 Å². The van der Waals surface area contributed by atoms with Crippen molar-refractivity contribution >= 4 is 0 Å². The normalized spacial score (nSPS) is 12.1. The second-order valence-corrected chi connectivity index (χ2v) is 5.70. The highest BCUT2D eigenvalue weighted by molar-refractivity contribution is 5.09. The lowest BCUT2D eigenvalue weighted by atomic mass is 9.95. The molecule has 0 saturated heterocycles. The van der Waals surface area contributed by atoms with Crippen LogP contribution in [0.1, 0.15) is 32.8 Å². The average Bonchev–Trinajstić information content (AvgIpc) is 2.25. The van der Waals surface area contributed by atoms with E-state index in [1.165, 1.54) is 5.56 Å². The van der Waals surface area contributed by atoms with Crippen LogP contribution < -0.4 is 0 Å². The Morgan fingerprint density at radius 1 is 1.24 bits per heavy atom. The Kier molecular flexibility index (Phi) is 5.59. The summed E-state index contributed by atoms with van der Waals surface area (Å²) < 4.78 is 0. The molecule has 0 unspecified atom stereocenters. The van der Waals surface area contributed by atoms with Gasteiger partial charge in [-0.15, -0.1) is 0 Å². The van der Waals surface area contributed by atoms with Crippen molar-refractivity contribution in [1.29, 1.82) is 0 Å². The molecule has 1 aromatic heterocycles. The molecule has 0 aliphatic rings. The summed E-state index contributed by atoms with van der Waals surface area (Å²) in [7, 11) is 0. The Labute approximate surface area is 104 Å². The SMILES string of the molecule is CC(C)(C)CN(CCCO)Cc1ccncc1. The van der Waals surface area contributed by atoms with Crippen LogP contribution in [0.25, 0.3) is 0 Å². The van der Waals surface area contributed by atoms with Gasteiger partial charge in [0.15, 0.2) is 0 Å². The molecule has 0 bridgehead atoms. The Hall–Kier alpha value is -0.930. The van der Waals surface area contributed by atoms with Gasteiger partial charge >= 0.3 is 0 Å². The predicted octanol–water partition coefficient (Wildman–Crippen LogP) is 2.31. The van der Waals surface area contributed by atoms with Gasteiger partial charge in [-0.3, -0.25) is 9.88 Å². The summed E-state index contributed by atoms with van der Waals surface area (Å²) in [4.78, 5) is 6.43. The first kappa shape index (κ1) is 14.1. The second-order valence-electron chi connectivity index (χ2n) is 5.70.